The maximum atomic E-state index is 12.1. The summed E-state index contributed by atoms with van der Waals surface area (Å²) >= 11 is 0. The number of piperidine rings is 1. The number of benzene rings is 1. The van der Waals surface area contributed by atoms with Gasteiger partial charge in [-0.25, -0.2) is 0 Å². The lowest BCUT2D eigenvalue weighted by molar-refractivity contribution is -0.384. The number of hydrogen-bond acceptors (Lipinski definition) is 5. The van der Waals surface area contributed by atoms with E-state index >= 15 is 0 Å². The lowest BCUT2D eigenvalue weighted by Gasteiger charge is -2.31. The molecule has 1 amide bonds. The zero-order valence-corrected chi connectivity index (χ0v) is 13.6. The number of amides is 1. The van der Waals surface area contributed by atoms with E-state index in [9.17, 15) is 14.9 Å². The van der Waals surface area contributed by atoms with E-state index in [2.05, 4.69) is 12.2 Å². The van der Waals surface area contributed by atoms with Gasteiger partial charge in [-0.05, 0) is 37.8 Å². The summed E-state index contributed by atoms with van der Waals surface area (Å²) in [5.41, 5.74) is 6.33. The predicted octanol–water partition coefficient (Wildman–Crippen LogP) is 1.91. The van der Waals surface area contributed by atoms with Crippen molar-refractivity contribution < 1.29 is 9.72 Å². The molecule has 1 heterocycles. The van der Waals surface area contributed by atoms with Gasteiger partial charge in [0.15, 0.2) is 0 Å². The molecular weight excluding hydrogens is 296 g/mol. The molecule has 7 nitrogen and oxygen atoms in total. The minimum absolute atomic E-state index is 0.0207. The molecule has 7 heteroatoms. The normalized spacial score (nSPS) is 16.9. The van der Waals surface area contributed by atoms with Gasteiger partial charge in [0.05, 0.1) is 4.92 Å². The van der Waals surface area contributed by atoms with E-state index in [4.69, 9.17) is 5.73 Å². The Kier molecular flexibility index (Phi) is 5.54. The Bertz CT molecular complexity index is 583. The van der Waals surface area contributed by atoms with Crippen molar-refractivity contribution in [2.75, 3.05) is 24.5 Å². The van der Waals surface area contributed by atoms with Crippen molar-refractivity contribution in [2.24, 2.45) is 11.7 Å². The van der Waals surface area contributed by atoms with Crippen molar-refractivity contribution in [3.8, 4) is 0 Å². The number of carbonyl (C=O) groups excluding carboxylic acids is 1. The molecule has 0 radical (unpaired) electrons. The van der Waals surface area contributed by atoms with Crippen molar-refractivity contribution >= 4 is 17.3 Å². The Morgan fingerprint density at radius 1 is 1.48 bits per heavy atom. The van der Waals surface area contributed by atoms with Crippen LogP contribution in [0.5, 0.6) is 0 Å². The molecule has 1 aliphatic heterocycles. The van der Waals surface area contributed by atoms with Gasteiger partial charge in [0.2, 0.25) is 0 Å². The average Bonchev–Trinajstić information content (AvgIpc) is 2.54. The van der Waals surface area contributed by atoms with Gasteiger partial charge >= 0.3 is 0 Å². The third-order valence-corrected chi connectivity index (χ3v) is 4.29. The first kappa shape index (κ1) is 17.2. The lowest BCUT2D eigenvalue weighted by atomic mass is 9.98. The molecule has 0 aliphatic carbocycles. The fourth-order valence-corrected chi connectivity index (χ4v) is 2.69. The number of nitro groups is 1. The fourth-order valence-electron chi connectivity index (χ4n) is 2.69. The van der Waals surface area contributed by atoms with E-state index in [1.54, 1.807) is 19.1 Å². The number of nitrogens with zero attached hydrogens (tertiary/aromatic N) is 2. The summed E-state index contributed by atoms with van der Waals surface area (Å²) in [5, 5.41) is 14.1. The standard InChI is InChI=1S/C16H24N4O3/c1-11-5-7-19(8-6-11)14-4-3-13(9-15(14)20(22)23)16(21)18-12(2)10-17/h3-4,9,11-12H,5-8,10,17H2,1-2H3,(H,18,21)/t12-/m0/s1. The molecule has 2 rings (SSSR count). The second-order valence-electron chi connectivity index (χ2n) is 6.24. The Morgan fingerprint density at radius 2 is 2.13 bits per heavy atom. The van der Waals surface area contributed by atoms with Crippen LogP contribution in [0.25, 0.3) is 0 Å². The van der Waals surface area contributed by atoms with E-state index in [0.717, 1.165) is 25.9 Å². The molecule has 1 aromatic rings. The molecular formula is C16H24N4O3. The average molecular weight is 320 g/mol. The highest BCUT2D eigenvalue weighted by molar-refractivity contribution is 5.96. The van der Waals surface area contributed by atoms with E-state index in [-0.39, 0.29) is 23.2 Å². The lowest BCUT2D eigenvalue weighted by Crippen LogP contribution is -2.38. The Hall–Kier alpha value is -2.15. The highest BCUT2D eigenvalue weighted by Gasteiger charge is 2.24. The molecule has 1 saturated heterocycles. The van der Waals surface area contributed by atoms with Crippen LogP contribution in [0.1, 0.15) is 37.0 Å². The van der Waals surface area contributed by atoms with Gasteiger partial charge in [0.1, 0.15) is 5.69 Å². The van der Waals surface area contributed by atoms with Crippen LogP contribution in [0, 0.1) is 16.0 Å². The van der Waals surface area contributed by atoms with Crippen molar-refractivity contribution in [2.45, 2.75) is 32.7 Å². The van der Waals surface area contributed by atoms with Crippen molar-refractivity contribution in [3.05, 3.63) is 33.9 Å². The van der Waals surface area contributed by atoms with E-state index in [1.807, 2.05) is 4.90 Å². The van der Waals surface area contributed by atoms with Gasteiger partial charge in [-0.2, -0.15) is 0 Å². The summed E-state index contributed by atoms with van der Waals surface area (Å²) in [5.74, 6) is 0.304. The zero-order valence-electron chi connectivity index (χ0n) is 13.6. The first-order valence-corrected chi connectivity index (χ1v) is 7.96. The van der Waals surface area contributed by atoms with Crippen LogP contribution in [0.15, 0.2) is 18.2 Å². The number of nitrogens with one attached hydrogen (secondary N) is 1. The number of carbonyl (C=O) groups is 1. The zero-order chi connectivity index (χ0) is 17.0. The van der Waals surface area contributed by atoms with Gasteiger partial charge in [0, 0.05) is 37.3 Å². The molecule has 126 valence electrons. The molecule has 0 unspecified atom stereocenters. The molecule has 1 aromatic carbocycles. The maximum Gasteiger partial charge on any atom is 0.293 e. The van der Waals surface area contributed by atoms with Crippen LogP contribution >= 0.6 is 0 Å². The SMILES string of the molecule is CC1CCN(c2ccc(C(=O)N[C@@H](C)CN)cc2[N+](=O)[O-])CC1. The second-order valence-corrected chi connectivity index (χ2v) is 6.24. The summed E-state index contributed by atoms with van der Waals surface area (Å²) in [6.07, 6.45) is 2.04. The van der Waals surface area contributed by atoms with Gasteiger partial charge in [-0.15, -0.1) is 0 Å². The van der Waals surface area contributed by atoms with E-state index in [0.29, 0.717) is 18.2 Å². The first-order chi connectivity index (χ1) is 10.9. The number of nitrogens with two attached hydrogens (primary N) is 1. The van der Waals surface area contributed by atoms with Crippen molar-refractivity contribution in [1.29, 1.82) is 0 Å². The van der Waals surface area contributed by atoms with Gasteiger partial charge in [-0.1, -0.05) is 6.92 Å². The minimum atomic E-state index is -0.420. The first-order valence-electron chi connectivity index (χ1n) is 7.96. The van der Waals surface area contributed by atoms with Crippen LogP contribution in [0.3, 0.4) is 0 Å². The number of rotatable bonds is 5. The predicted molar refractivity (Wildman–Crippen MR) is 89.7 cm³/mol. The van der Waals surface area contributed by atoms with Crippen LogP contribution in [-0.4, -0.2) is 36.5 Å². The number of nitro benzene ring substituents is 1. The number of hydrogen-bond donors (Lipinski definition) is 2. The van der Waals surface area contributed by atoms with Gasteiger partial charge in [-0.3, -0.25) is 14.9 Å². The number of anilines is 1. The van der Waals surface area contributed by atoms with Crippen LogP contribution in [0.4, 0.5) is 11.4 Å². The molecule has 1 aliphatic rings. The summed E-state index contributed by atoms with van der Waals surface area (Å²) in [6, 6.07) is 4.49. The molecule has 3 N–H and O–H groups in total. The molecule has 0 saturated carbocycles. The molecule has 0 spiro atoms. The Morgan fingerprint density at radius 3 is 2.70 bits per heavy atom. The molecule has 1 atom stereocenters. The highest BCUT2D eigenvalue weighted by Crippen LogP contribution is 2.32. The minimum Gasteiger partial charge on any atom is -0.366 e. The van der Waals surface area contributed by atoms with Crippen molar-refractivity contribution in [1.82, 2.24) is 5.32 Å². The van der Waals surface area contributed by atoms with Gasteiger partial charge in [0.25, 0.3) is 11.6 Å². The smallest absolute Gasteiger partial charge is 0.293 e. The van der Waals surface area contributed by atoms with Crippen LogP contribution < -0.4 is 16.0 Å². The fraction of sp³-hybridized carbons (Fsp3) is 0.562. The third kappa shape index (κ3) is 4.19. The van der Waals surface area contributed by atoms with Crippen LogP contribution in [-0.2, 0) is 0 Å². The van der Waals surface area contributed by atoms with E-state index < -0.39 is 4.92 Å². The van der Waals surface area contributed by atoms with Crippen molar-refractivity contribution in [3.63, 3.8) is 0 Å². The van der Waals surface area contributed by atoms with Crippen LogP contribution in [0.2, 0.25) is 0 Å². The second kappa shape index (κ2) is 7.41. The van der Waals surface area contributed by atoms with Gasteiger partial charge < -0.3 is 16.0 Å². The highest BCUT2D eigenvalue weighted by atomic mass is 16.6. The Labute approximate surface area is 136 Å². The third-order valence-electron chi connectivity index (χ3n) is 4.29. The maximum absolute atomic E-state index is 12.1. The molecule has 0 bridgehead atoms. The molecule has 1 fully saturated rings. The largest absolute Gasteiger partial charge is 0.366 e. The topological polar surface area (TPSA) is 102 Å². The molecule has 0 aromatic heterocycles. The summed E-state index contributed by atoms with van der Waals surface area (Å²) in [7, 11) is 0. The Balaban J connectivity index is 2.24. The summed E-state index contributed by atoms with van der Waals surface area (Å²) in [4.78, 5) is 25.1. The quantitative estimate of drug-likeness (QED) is 0.637. The summed E-state index contributed by atoms with van der Waals surface area (Å²) in [6.45, 7) is 5.90. The molecule has 23 heavy (non-hydrogen) atoms. The summed E-state index contributed by atoms with van der Waals surface area (Å²) < 4.78 is 0. The van der Waals surface area contributed by atoms with E-state index in [1.165, 1.54) is 6.07 Å². The monoisotopic (exact) mass is 320 g/mol.